The lowest BCUT2D eigenvalue weighted by molar-refractivity contribution is 0.0954. The molecule has 0 amide bonds. The van der Waals surface area contributed by atoms with Gasteiger partial charge in [-0.3, -0.25) is 4.79 Å². The van der Waals surface area contributed by atoms with Crippen LogP contribution in [0.4, 0.5) is 4.39 Å². The van der Waals surface area contributed by atoms with Crippen molar-refractivity contribution in [3.63, 3.8) is 0 Å². The van der Waals surface area contributed by atoms with Gasteiger partial charge in [-0.25, -0.2) is 4.39 Å². The number of aromatic hydroxyl groups is 1. The molecule has 76 valence electrons. The molecule has 0 unspecified atom stereocenters. The molecule has 14 heavy (non-hydrogen) atoms. The van der Waals surface area contributed by atoms with Crippen LogP contribution in [0, 0.1) is 5.82 Å². The normalized spacial score (nSPS) is 10.6. The molecule has 1 aromatic rings. The summed E-state index contributed by atoms with van der Waals surface area (Å²) in [6, 6.07) is 3.52. The molecule has 3 nitrogen and oxygen atoms in total. The molecule has 0 saturated heterocycles. The molecule has 1 aromatic carbocycles. The topological polar surface area (TPSA) is 40.5 Å². The Balaban J connectivity index is 2.90. The van der Waals surface area contributed by atoms with Gasteiger partial charge in [0.1, 0.15) is 11.6 Å². The summed E-state index contributed by atoms with van der Waals surface area (Å²) in [6.07, 6.45) is 0. The van der Waals surface area contributed by atoms with Crippen LogP contribution in [0.15, 0.2) is 18.2 Å². The number of halogens is 1. The lowest BCUT2D eigenvalue weighted by atomic mass is 10.1. The van der Waals surface area contributed by atoms with Gasteiger partial charge < -0.3 is 10.0 Å². The molecule has 0 fully saturated rings. The minimum atomic E-state index is -0.683. The van der Waals surface area contributed by atoms with Crippen molar-refractivity contribution in [2.45, 2.75) is 0 Å². The third-order valence-corrected chi connectivity index (χ3v) is 1.71. The van der Waals surface area contributed by atoms with Gasteiger partial charge in [0, 0.05) is 6.07 Å². The van der Waals surface area contributed by atoms with Gasteiger partial charge in [0.05, 0.1) is 12.1 Å². The average molecular weight is 197 g/mol. The molecule has 0 spiro atoms. The fraction of sp³-hybridized carbons (Fsp3) is 0.300. The molecule has 4 heteroatoms. The number of nitrogens with zero attached hydrogens (tertiary/aromatic N) is 1. The fourth-order valence-corrected chi connectivity index (χ4v) is 1.10. The van der Waals surface area contributed by atoms with Gasteiger partial charge in [0.15, 0.2) is 5.78 Å². The summed E-state index contributed by atoms with van der Waals surface area (Å²) in [5.41, 5.74) is 0.0106. The lowest BCUT2D eigenvalue weighted by Crippen LogP contribution is -2.22. The van der Waals surface area contributed by atoms with Crippen molar-refractivity contribution in [1.82, 2.24) is 4.90 Å². The largest absolute Gasteiger partial charge is 0.508 e. The molecule has 0 atom stereocenters. The molecule has 0 aromatic heterocycles. The Hall–Kier alpha value is -1.42. The molecular formula is C10H12FNO2. The quantitative estimate of drug-likeness (QED) is 0.742. The van der Waals surface area contributed by atoms with Crippen LogP contribution in [0.25, 0.3) is 0 Å². The average Bonchev–Trinajstić information content (AvgIpc) is 2.01. The smallest absolute Gasteiger partial charge is 0.179 e. The zero-order valence-corrected chi connectivity index (χ0v) is 8.12. The number of carbonyl (C=O) groups excluding carboxylic acids is 1. The summed E-state index contributed by atoms with van der Waals surface area (Å²) < 4.78 is 13.2. The third-order valence-electron chi connectivity index (χ3n) is 1.71. The molecule has 0 aliphatic heterocycles. The van der Waals surface area contributed by atoms with Crippen LogP contribution in [-0.2, 0) is 0 Å². The van der Waals surface area contributed by atoms with Crippen LogP contribution in [-0.4, -0.2) is 36.4 Å². The van der Waals surface area contributed by atoms with Gasteiger partial charge in [0.2, 0.25) is 0 Å². The monoisotopic (exact) mass is 197 g/mol. The Morgan fingerprint density at radius 3 is 2.64 bits per heavy atom. The molecule has 0 aliphatic carbocycles. The SMILES string of the molecule is CN(C)CC(=O)c1ccc(O)cc1F. The van der Waals surface area contributed by atoms with E-state index in [1.54, 1.807) is 19.0 Å². The van der Waals surface area contributed by atoms with Crippen LogP contribution >= 0.6 is 0 Å². The van der Waals surface area contributed by atoms with E-state index in [4.69, 9.17) is 5.11 Å². The highest BCUT2D eigenvalue weighted by molar-refractivity contribution is 5.97. The number of Topliss-reactive ketones (excluding diaryl/α,β-unsaturated/α-hetero) is 1. The van der Waals surface area contributed by atoms with Gasteiger partial charge in [-0.1, -0.05) is 0 Å². The van der Waals surface area contributed by atoms with E-state index in [2.05, 4.69) is 0 Å². The van der Waals surface area contributed by atoms with Crippen LogP contribution in [0.2, 0.25) is 0 Å². The van der Waals surface area contributed by atoms with Gasteiger partial charge in [-0.2, -0.15) is 0 Å². The molecule has 1 N–H and O–H groups in total. The van der Waals surface area contributed by atoms with Crippen molar-refractivity contribution in [2.24, 2.45) is 0 Å². The van der Waals surface area contributed by atoms with Gasteiger partial charge in [-0.15, -0.1) is 0 Å². The van der Waals surface area contributed by atoms with E-state index in [1.165, 1.54) is 12.1 Å². The summed E-state index contributed by atoms with van der Waals surface area (Å²) >= 11 is 0. The number of hydrogen-bond acceptors (Lipinski definition) is 3. The molecule has 0 saturated carbocycles. The zero-order chi connectivity index (χ0) is 10.7. The first-order valence-electron chi connectivity index (χ1n) is 4.17. The summed E-state index contributed by atoms with van der Waals surface area (Å²) in [5, 5.41) is 8.94. The Morgan fingerprint density at radius 1 is 1.50 bits per heavy atom. The minimum absolute atomic E-state index is 0.0106. The van der Waals surface area contributed by atoms with Crippen molar-refractivity contribution >= 4 is 5.78 Å². The van der Waals surface area contributed by atoms with E-state index in [0.717, 1.165) is 6.07 Å². The number of rotatable bonds is 3. The Morgan fingerprint density at radius 2 is 2.14 bits per heavy atom. The van der Waals surface area contributed by atoms with E-state index in [0.29, 0.717) is 0 Å². The van der Waals surface area contributed by atoms with Crippen LogP contribution in [0.5, 0.6) is 5.75 Å². The standard InChI is InChI=1S/C10H12FNO2/c1-12(2)6-10(14)8-4-3-7(13)5-9(8)11/h3-5,13H,6H2,1-2H3. The van der Waals surface area contributed by atoms with E-state index >= 15 is 0 Å². The van der Waals surface area contributed by atoms with E-state index in [1.807, 2.05) is 0 Å². The predicted octanol–water partition coefficient (Wildman–Crippen LogP) is 1.28. The van der Waals surface area contributed by atoms with Crippen molar-refractivity contribution < 1.29 is 14.3 Å². The Bertz CT molecular complexity index is 350. The number of phenolic OH excluding ortho intramolecular Hbond substituents is 1. The maximum absolute atomic E-state index is 13.2. The van der Waals surface area contributed by atoms with Crippen molar-refractivity contribution in [3.8, 4) is 5.75 Å². The Labute approximate surface area is 81.8 Å². The van der Waals surface area contributed by atoms with Crippen molar-refractivity contribution in [2.75, 3.05) is 20.6 Å². The molecule has 0 heterocycles. The second-order valence-electron chi connectivity index (χ2n) is 3.33. The number of ketones is 1. The maximum Gasteiger partial charge on any atom is 0.179 e. The summed E-state index contributed by atoms with van der Waals surface area (Å²) in [4.78, 5) is 13.1. The highest BCUT2D eigenvalue weighted by atomic mass is 19.1. The highest BCUT2D eigenvalue weighted by Gasteiger charge is 2.12. The maximum atomic E-state index is 13.2. The molecule has 1 rings (SSSR count). The first kappa shape index (κ1) is 10.7. The summed E-state index contributed by atoms with van der Waals surface area (Å²) in [7, 11) is 3.46. The van der Waals surface area contributed by atoms with Crippen molar-refractivity contribution in [3.05, 3.63) is 29.6 Å². The van der Waals surface area contributed by atoms with E-state index in [9.17, 15) is 9.18 Å². The number of benzene rings is 1. The fourth-order valence-electron chi connectivity index (χ4n) is 1.10. The molecule has 0 radical (unpaired) electrons. The molecule has 0 aliphatic rings. The zero-order valence-electron chi connectivity index (χ0n) is 8.12. The first-order valence-corrected chi connectivity index (χ1v) is 4.17. The minimum Gasteiger partial charge on any atom is -0.508 e. The van der Waals surface area contributed by atoms with Crippen LogP contribution in [0.3, 0.4) is 0 Å². The van der Waals surface area contributed by atoms with Gasteiger partial charge in [0.25, 0.3) is 0 Å². The summed E-state index contributed by atoms with van der Waals surface area (Å²) in [6.45, 7) is 0.154. The Kier molecular flexibility index (Phi) is 3.19. The summed E-state index contributed by atoms with van der Waals surface area (Å²) in [5.74, 6) is -1.16. The van der Waals surface area contributed by atoms with E-state index in [-0.39, 0.29) is 23.6 Å². The molecular weight excluding hydrogens is 185 g/mol. The van der Waals surface area contributed by atoms with Crippen molar-refractivity contribution in [1.29, 1.82) is 0 Å². The van der Waals surface area contributed by atoms with Gasteiger partial charge in [-0.05, 0) is 26.2 Å². The highest BCUT2D eigenvalue weighted by Crippen LogP contribution is 2.15. The van der Waals surface area contributed by atoms with Crippen LogP contribution in [0.1, 0.15) is 10.4 Å². The number of phenols is 1. The second-order valence-corrected chi connectivity index (χ2v) is 3.33. The number of carbonyl (C=O) groups is 1. The molecule has 0 bridgehead atoms. The predicted molar refractivity (Wildman–Crippen MR) is 50.9 cm³/mol. The third kappa shape index (κ3) is 2.53. The first-order chi connectivity index (χ1) is 6.50. The number of likely N-dealkylation sites (N-methyl/N-ethyl adjacent to an activating group) is 1. The lowest BCUT2D eigenvalue weighted by Gasteiger charge is -2.08. The number of hydrogen-bond donors (Lipinski definition) is 1. The van der Waals surface area contributed by atoms with Crippen LogP contribution < -0.4 is 0 Å². The second kappa shape index (κ2) is 4.19. The van der Waals surface area contributed by atoms with E-state index < -0.39 is 5.82 Å². The van der Waals surface area contributed by atoms with Gasteiger partial charge >= 0.3 is 0 Å².